The number of piperidine rings is 1. The van der Waals surface area contributed by atoms with Crippen molar-refractivity contribution in [2.24, 2.45) is 5.73 Å². The monoisotopic (exact) mass is 281 g/mol. The molecule has 1 aliphatic heterocycles. The van der Waals surface area contributed by atoms with Gasteiger partial charge in [-0.1, -0.05) is 5.16 Å². The summed E-state index contributed by atoms with van der Waals surface area (Å²) in [7, 11) is 0. The zero-order valence-electron chi connectivity index (χ0n) is 12.4. The highest BCUT2D eigenvalue weighted by Crippen LogP contribution is 2.30. The predicted octanol–water partition coefficient (Wildman–Crippen LogP) is 2.25. The van der Waals surface area contributed by atoms with Crippen LogP contribution in [0.25, 0.3) is 0 Å². The highest BCUT2D eigenvalue weighted by atomic mass is 16.6. The molecule has 0 atom stereocenters. The Kier molecular flexibility index (Phi) is 4.32. The summed E-state index contributed by atoms with van der Waals surface area (Å²) in [6, 6.07) is 0. The largest absolute Gasteiger partial charge is 0.444 e. The van der Waals surface area contributed by atoms with Crippen molar-refractivity contribution >= 4 is 6.09 Å². The van der Waals surface area contributed by atoms with Crippen LogP contribution in [0.1, 0.15) is 50.9 Å². The molecule has 1 fully saturated rings. The summed E-state index contributed by atoms with van der Waals surface area (Å²) in [5.41, 5.74) is 6.17. The molecule has 0 bridgehead atoms. The molecule has 0 saturated carbocycles. The summed E-state index contributed by atoms with van der Waals surface area (Å²) in [5.74, 6) is 1.16. The van der Waals surface area contributed by atoms with E-state index in [4.69, 9.17) is 15.0 Å². The van der Waals surface area contributed by atoms with Crippen LogP contribution in [0.3, 0.4) is 0 Å². The second-order valence-electron chi connectivity index (χ2n) is 6.16. The molecular weight excluding hydrogens is 258 g/mol. The van der Waals surface area contributed by atoms with E-state index in [2.05, 4.69) is 5.16 Å². The van der Waals surface area contributed by atoms with Crippen LogP contribution in [0.15, 0.2) is 10.7 Å². The number of carbonyl (C=O) groups excluding carboxylic acids is 1. The normalized spacial score (nSPS) is 17.3. The fourth-order valence-corrected chi connectivity index (χ4v) is 2.41. The number of hydrogen-bond donors (Lipinski definition) is 1. The Labute approximate surface area is 119 Å². The van der Waals surface area contributed by atoms with E-state index in [0.29, 0.717) is 19.6 Å². The van der Waals surface area contributed by atoms with Crippen LogP contribution in [-0.2, 0) is 11.3 Å². The number of nitrogens with two attached hydrogens (primary N) is 1. The van der Waals surface area contributed by atoms with Gasteiger partial charge < -0.3 is 19.9 Å². The Morgan fingerprint density at radius 3 is 2.70 bits per heavy atom. The van der Waals surface area contributed by atoms with Gasteiger partial charge in [-0.25, -0.2) is 4.79 Å². The summed E-state index contributed by atoms with van der Waals surface area (Å²) in [4.78, 5) is 13.7. The molecule has 1 aromatic rings. The fraction of sp³-hybridized carbons (Fsp3) is 0.714. The lowest BCUT2D eigenvalue weighted by atomic mass is 9.92. The first-order valence-corrected chi connectivity index (χ1v) is 7.02. The van der Waals surface area contributed by atoms with Crippen molar-refractivity contribution in [1.29, 1.82) is 0 Å². The van der Waals surface area contributed by atoms with Gasteiger partial charge in [0.25, 0.3) is 0 Å². The predicted molar refractivity (Wildman–Crippen MR) is 74.2 cm³/mol. The van der Waals surface area contributed by atoms with Crippen molar-refractivity contribution in [3.63, 3.8) is 0 Å². The molecule has 2 rings (SSSR count). The van der Waals surface area contributed by atoms with Gasteiger partial charge in [-0.3, -0.25) is 0 Å². The zero-order chi connectivity index (χ0) is 14.8. The number of ether oxygens (including phenoxy) is 1. The highest BCUT2D eigenvalue weighted by molar-refractivity contribution is 5.68. The number of hydrogen-bond acceptors (Lipinski definition) is 5. The van der Waals surface area contributed by atoms with Crippen LogP contribution in [0.4, 0.5) is 4.79 Å². The Morgan fingerprint density at radius 2 is 2.15 bits per heavy atom. The van der Waals surface area contributed by atoms with Gasteiger partial charge in [0.1, 0.15) is 11.4 Å². The first-order chi connectivity index (χ1) is 9.40. The number of likely N-dealkylation sites (tertiary alicyclic amines) is 1. The Balaban J connectivity index is 1.91. The Hall–Kier alpha value is -1.56. The average molecular weight is 281 g/mol. The Morgan fingerprint density at radius 1 is 1.50 bits per heavy atom. The first-order valence-electron chi connectivity index (χ1n) is 7.02. The topological polar surface area (TPSA) is 81.6 Å². The van der Waals surface area contributed by atoms with Crippen molar-refractivity contribution in [2.75, 3.05) is 13.1 Å². The summed E-state index contributed by atoms with van der Waals surface area (Å²) in [6.07, 6.45) is 3.13. The van der Waals surface area contributed by atoms with Crippen LogP contribution < -0.4 is 5.73 Å². The molecule has 6 heteroatoms. The minimum Gasteiger partial charge on any atom is -0.444 e. The zero-order valence-corrected chi connectivity index (χ0v) is 12.4. The minimum atomic E-state index is -0.453. The second-order valence-corrected chi connectivity index (χ2v) is 6.16. The van der Waals surface area contributed by atoms with Gasteiger partial charge in [-0.2, -0.15) is 0 Å². The van der Waals surface area contributed by atoms with Crippen LogP contribution in [0.2, 0.25) is 0 Å². The molecule has 1 aromatic heterocycles. The van der Waals surface area contributed by atoms with Crippen molar-refractivity contribution in [3.05, 3.63) is 17.5 Å². The maximum Gasteiger partial charge on any atom is 0.410 e. The molecule has 6 nitrogen and oxygen atoms in total. The van der Waals surface area contributed by atoms with E-state index >= 15 is 0 Å². The lowest BCUT2D eigenvalue weighted by molar-refractivity contribution is 0.0199. The highest BCUT2D eigenvalue weighted by Gasteiger charge is 2.29. The SMILES string of the molecule is CC(C)(C)OC(=O)N1CCC(c2oncc2CN)CC1. The Bertz CT molecular complexity index is 456. The van der Waals surface area contributed by atoms with Gasteiger partial charge in [0.05, 0.1) is 6.20 Å². The molecule has 1 amide bonds. The molecule has 0 aliphatic carbocycles. The van der Waals surface area contributed by atoms with Crippen molar-refractivity contribution in [1.82, 2.24) is 10.1 Å². The molecule has 2 N–H and O–H groups in total. The number of nitrogens with zero attached hydrogens (tertiary/aromatic N) is 2. The van der Waals surface area contributed by atoms with E-state index in [1.807, 2.05) is 20.8 Å². The molecule has 0 radical (unpaired) electrons. The molecule has 112 valence electrons. The van der Waals surface area contributed by atoms with Gasteiger partial charge in [0.15, 0.2) is 0 Å². The lowest BCUT2D eigenvalue weighted by Gasteiger charge is -2.32. The van der Waals surface area contributed by atoms with Crippen LogP contribution >= 0.6 is 0 Å². The third-order valence-electron chi connectivity index (χ3n) is 3.41. The van der Waals surface area contributed by atoms with E-state index in [1.54, 1.807) is 11.1 Å². The number of rotatable bonds is 2. The van der Waals surface area contributed by atoms with Gasteiger partial charge in [-0.15, -0.1) is 0 Å². The molecule has 0 spiro atoms. The van der Waals surface area contributed by atoms with Gasteiger partial charge in [0, 0.05) is 31.1 Å². The van der Waals surface area contributed by atoms with Gasteiger partial charge >= 0.3 is 6.09 Å². The average Bonchev–Trinajstić information content (AvgIpc) is 2.85. The van der Waals surface area contributed by atoms with E-state index in [1.165, 1.54) is 0 Å². The second kappa shape index (κ2) is 5.83. The van der Waals surface area contributed by atoms with Crippen molar-refractivity contribution < 1.29 is 14.1 Å². The van der Waals surface area contributed by atoms with E-state index < -0.39 is 5.60 Å². The molecule has 0 aromatic carbocycles. The minimum absolute atomic E-state index is 0.243. The van der Waals surface area contributed by atoms with Gasteiger partial charge in [0.2, 0.25) is 0 Å². The smallest absolute Gasteiger partial charge is 0.410 e. The van der Waals surface area contributed by atoms with Crippen LogP contribution in [-0.4, -0.2) is 34.8 Å². The summed E-state index contributed by atoms with van der Waals surface area (Å²) >= 11 is 0. The molecule has 0 unspecified atom stereocenters. The third-order valence-corrected chi connectivity index (χ3v) is 3.41. The maximum atomic E-state index is 12.0. The number of amides is 1. The van der Waals surface area contributed by atoms with E-state index in [9.17, 15) is 4.79 Å². The quantitative estimate of drug-likeness (QED) is 0.899. The number of aromatic nitrogens is 1. The van der Waals surface area contributed by atoms with E-state index in [-0.39, 0.29) is 12.0 Å². The van der Waals surface area contributed by atoms with Crippen molar-refractivity contribution in [3.8, 4) is 0 Å². The fourth-order valence-electron chi connectivity index (χ4n) is 2.41. The van der Waals surface area contributed by atoms with Crippen LogP contribution in [0.5, 0.6) is 0 Å². The summed E-state index contributed by atoms with van der Waals surface area (Å²) in [6.45, 7) is 7.40. The molecule has 20 heavy (non-hydrogen) atoms. The van der Waals surface area contributed by atoms with Gasteiger partial charge in [-0.05, 0) is 33.6 Å². The molecule has 1 aliphatic rings. The standard InChI is InChI=1S/C14H23N3O3/c1-14(2,3)19-13(18)17-6-4-10(5-7-17)12-11(8-15)9-16-20-12/h9-10H,4-8,15H2,1-3H3. The summed E-state index contributed by atoms with van der Waals surface area (Å²) in [5, 5.41) is 3.81. The molecule has 1 saturated heterocycles. The van der Waals surface area contributed by atoms with Crippen LogP contribution in [0, 0.1) is 0 Å². The number of carbonyl (C=O) groups is 1. The molecular formula is C14H23N3O3. The third kappa shape index (κ3) is 3.50. The molecule has 2 heterocycles. The first kappa shape index (κ1) is 14.8. The lowest BCUT2D eigenvalue weighted by Crippen LogP contribution is -2.41. The van der Waals surface area contributed by atoms with E-state index in [0.717, 1.165) is 24.2 Å². The van der Waals surface area contributed by atoms with Crippen molar-refractivity contribution in [2.45, 2.75) is 51.7 Å². The maximum absolute atomic E-state index is 12.0. The summed E-state index contributed by atoms with van der Waals surface area (Å²) < 4.78 is 10.7.